The second-order valence-corrected chi connectivity index (χ2v) is 7.17. The third-order valence-electron chi connectivity index (χ3n) is 4.97. The molecule has 1 fully saturated rings. The van der Waals surface area contributed by atoms with Crippen molar-refractivity contribution in [3.05, 3.63) is 40.1 Å². The summed E-state index contributed by atoms with van der Waals surface area (Å²) in [5.41, 5.74) is 1.00. The van der Waals surface area contributed by atoms with E-state index in [-0.39, 0.29) is 5.69 Å². The molecule has 1 N–H and O–H groups in total. The molecular formula is C18H28N6O. The zero-order valence-electron chi connectivity index (χ0n) is 15.4. The normalized spacial score (nSPS) is 16.6. The van der Waals surface area contributed by atoms with Crippen molar-refractivity contribution in [2.45, 2.75) is 59.0 Å². The van der Waals surface area contributed by atoms with Gasteiger partial charge in [0.2, 0.25) is 0 Å². The molecule has 136 valence electrons. The summed E-state index contributed by atoms with van der Waals surface area (Å²) in [5.74, 6) is 2.76. The molecule has 0 atom stereocenters. The lowest BCUT2D eigenvalue weighted by Gasteiger charge is -2.31. The van der Waals surface area contributed by atoms with Gasteiger partial charge in [-0.15, -0.1) is 0 Å². The van der Waals surface area contributed by atoms with Crippen molar-refractivity contribution in [2.24, 2.45) is 5.92 Å². The average molecular weight is 344 g/mol. The maximum atomic E-state index is 11.7. The maximum Gasteiger partial charge on any atom is 0.343 e. The Kier molecular flexibility index (Phi) is 5.63. The molecule has 7 heteroatoms. The van der Waals surface area contributed by atoms with Crippen molar-refractivity contribution < 1.29 is 0 Å². The summed E-state index contributed by atoms with van der Waals surface area (Å²) >= 11 is 0. The van der Waals surface area contributed by atoms with Gasteiger partial charge in [-0.25, -0.2) is 19.9 Å². The largest absolute Gasteiger partial charge is 0.343 e. The highest BCUT2D eigenvalue weighted by molar-refractivity contribution is 5.05. The number of piperidine rings is 1. The molecule has 0 bridgehead atoms. The quantitative estimate of drug-likeness (QED) is 0.866. The van der Waals surface area contributed by atoms with Crippen LogP contribution in [0.1, 0.15) is 56.9 Å². The van der Waals surface area contributed by atoms with Crippen molar-refractivity contribution in [3.8, 4) is 0 Å². The van der Waals surface area contributed by atoms with Crippen LogP contribution < -0.4 is 5.69 Å². The number of nitrogens with one attached hydrogen (secondary N) is 1. The first-order chi connectivity index (χ1) is 12.1. The van der Waals surface area contributed by atoms with Crippen LogP contribution in [0.25, 0.3) is 0 Å². The minimum absolute atomic E-state index is 0.0975. The molecule has 0 saturated carbocycles. The van der Waals surface area contributed by atoms with Crippen molar-refractivity contribution in [1.82, 2.24) is 29.6 Å². The highest BCUT2D eigenvalue weighted by Crippen LogP contribution is 2.22. The molecule has 1 aliphatic heterocycles. The first-order valence-corrected chi connectivity index (χ1v) is 9.25. The lowest BCUT2D eigenvalue weighted by atomic mass is 9.93. The smallest absolute Gasteiger partial charge is 0.297 e. The Labute approximate surface area is 148 Å². The van der Waals surface area contributed by atoms with Crippen LogP contribution in [0.15, 0.2) is 17.1 Å². The van der Waals surface area contributed by atoms with Gasteiger partial charge in [-0.1, -0.05) is 13.8 Å². The van der Waals surface area contributed by atoms with Gasteiger partial charge in [0.25, 0.3) is 0 Å². The predicted octanol–water partition coefficient (Wildman–Crippen LogP) is 1.96. The second kappa shape index (κ2) is 7.91. The van der Waals surface area contributed by atoms with Gasteiger partial charge in [0.05, 0.1) is 5.69 Å². The van der Waals surface area contributed by atoms with Gasteiger partial charge in [-0.05, 0) is 44.8 Å². The van der Waals surface area contributed by atoms with E-state index >= 15 is 0 Å². The number of likely N-dealkylation sites (tertiary alicyclic amines) is 1. The number of aromatic amines is 1. The van der Waals surface area contributed by atoms with Crippen LogP contribution in [0.4, 0.5) is 0 Å². The third-order valence-corrected chi connectivity index (χ3v) is 4.97. The Hall–Kier alpha value is -2.02. The molecule has 0 spiro atoms. The molecule has 0 radical (unpaired) electrons. The van der Waals surface area contributed by atoms with Crippen molar-refractivity contribution in [2.75, 3.05) is 13.1 Å². The van der Waals surface area contributed by atoms with E-state index in [2.05, 4.69) is 38.9 Å². The SMILES string of the molecule is CCn1c(CC2CCN(Cc3ccnc(C(C)C)n3)CC2)n[nH]c1=O. The summed E-state index contributed by atoms with van der Waals surface area (Å²) in [6.07, 6.45) is 5.01. The van der Waals surface area contributed by atoms with Gasteiger partial charge in [0, 0.05) is 31.6 Å². The Balaban J connectivity index is 1.53. The van der Waals surface area contributed by atoms with E-state index in [0.717, 1.165) is 56.2 Å². The molecule has 0 aliphatic carbocycles. The van der Waals surface area contributed by atoms with E-state index < -0.39 is 0 Å². The van der Waals surface area contributed by atoms with Gasteiger partial charge in [0.15, 0.2) is 0 Å². The van der Waals surface area contributed by atoms with Gasteiger partial charge < -0.3 is 0 Å². The molecule has 1 saturated heterocycles. The van der Waals surface area contributed by atoms with Crippen LogP contribution in [0.5, 0.6) is 0 Å². The Morgan fingerprint density at radius 2 is 2.08 bits per heavy atom. The molecule has 2 aromatic heterocycles. The Bertz CT molecular complexity index is 742. The van der Waals surface area contributed by atoms with E-state index in [1.54, 1.807) is 4.57 Å². The van der Waals surface area contributed by atoms with Crippen LogP contribution in [-0.2, 0) is 19.5 Å². The van der Waals surface area contributed by atoms with E-state index in [9.17, 15) is 4.79 Å². The lowest BCUT2D eigenvalue weighted by molar-refractivity contribution is 0.173. The topological polar surface area (TPSA) is 79.7 Å². The fourth-order valence-electron chi connectivity index (χ4n) is 3.45. The van der Waals surface area contributed by atoms with Crippen LogP contribution in [0.2, 0.25) is 0 Å². The Morgan fingerprint density at radius 1 is 1.32 bits per heavy atom. The molecule has 0 aromatic carbocycles. The molecule has 25 heavy (non-hydrogen) atoms. The predicted molar refractivity (Wildman–Crippen MR) is 96.3 cm³/mol. The first kappa shape index (κ1) is 17.8. The summed E-state index contributed by atoms with van der Waals surface area (Å²) in [6, 6.07) is 2.02. The van der Waals surface area contributed by atoms with Gasteiger partial charge in [-0.3, -0.25) is 9.47 Å². The summed E-state index contributed by atoms with van der Waals surface area (Å²) in [7, 11) is 0. The highest BCUT2D eigenvalue weighted by Gasteiger charge is 2.22. The second-order valence-electron chi connectivity index (χ2n) is 7.17. The summed E-state index contributed by atoms with van der Waals surface area (Å²) in [6.45, 7) is 9.91. The van der Waals surface area contributed by atoms with Crippen molar-refractivity contribution in [1.29, 1.82) is 0 Å². The van der Waals surface area contributed by atoms with Crippen molar-refractivity contribution in [3.63, 3.8) is 0 Å². The molecule has 7 nitrogen and oxygen atoms in total. The monoisotopic (exact) mass is 344 g/mol. The molecule has 3 rings (SSSR count). The summed E-state index contributed by atoms with van der Waals surface area (Å²) < 4.78 is 1.74. The average Bonchev–Trinajstić information content (AvgIpc) is 2.96. The zero-order chi connectivity index (χ0) is 17.8. The number of rotatable bonds is 6. The fourth-order valence-corrected chi connectivity index (χ4v) is 3.45. The number of H-pyrrole nitrogens is 1. The summed E-state index contributed by atoms with van der Waals surface area (Å²) in [4.78, 5) is 23.1. The van der Waals surface area contributed by atoms with Crippen LogP contribution in [0, 0.1) is 5.92 Å². The van der Waals surface area contributed by atoms with Gasteiger partial charge >= 0.3 is 5.69 Å². The standard InChI is InChI=1S/C18H28N6O/c1-4-24-16(21-22-18(24)25)11-14-6-9-23(10-7-14)12-15-5-8-19-17(20-15)13(2)3/h5,8,13-14H,4,6-7,9-12H2,1-3H3,(H,22,25). The zero-order valence-corrected chi connectivity index (χ0v) is 15.4. The van der Waals surface area contributed by atoms with Crippen LogP contribution in [-0.4, -0.2) is 42.7 Å². The highest BCUT2D eigenvalue weighted by atomic mass is 16.1. The minimum Gasteiger partial charge on any atom is -0.297 e. The molecule has 0 amide bonds. The van der Waals surface area contributed by atoms with Gasteiger partial charge in [0.1, 0.15) is 11.6 Å². The fraction of sp³-hybridized carbons (Fsp3) is 0.667. The van der Waals surface area contributed by atoms with E-state index in [1.807, 2.05) is 19.2 Å². The number of hydrogen-bond acceptors (Lipinski definition) is 5. The maximum absolute atomic E-state index is 11.7. The molecule has 0 unspecified atom stereocenters. The first-order valence-electron chi connectivity index (χ1n) is 9.25. The molecular weight excluding hydrogens is 316 g/mol. The molecule has 3 heterocycles. The van der Waals surface area contributed by atoms with E-state index in [1.165, 1.54) is 0 Å². The number of aromatic nitrogens is 5. The third kappa shape index (κ3) is 4.34. The lowest BCUT2D eigenvalue weighted by Crippen LogP contribution is -2.34. The summed E-state index contributed by atoms with van der Waals surface area (Å²) in [5, 5.41) is 6.75. The van der Waals surface area contributed by atoms with E-state index in [0.29, 0.717) is 18.4 Å². The number of nitrogens with zero attached hydrogens (tertiary/aromatic N) is 5. The Morgan fingerprint density at radius 3 is 2.76 bits per heavy atom. The van der Waals surface area contributed by atoms with Crippen LogP contribution >= 0.6 is 0 Å². The minimum atomic E-state index is -0.0975. The molecule has 1 aliphatic rings. The van der Waals surface area contributed by atoms with Crippen LogP contribution in [0.3, 0.4) is 0 Å². The van der Waals surface area contributed by atoms with E-state index in [4.69, 9.17) is 0 Å². The van der Waals surface area contributed by atoms with Gasteiger partial charge in [-0.2, -0.15) is 5.10 Å². The number of hydrogen-bond donors (Lipinski definition) is 1. The van der Waals surface area contributed by atoms with Crippen molar-refractivity contribution >= 4 is 0 Å². The molecule has 2 aromatic rings.